The highest BCUT2D eigenvalue weighted by atomic mass is 16.6. The summed E-state index contributed by atoms with van der Waals surface area (Å²) in [4.78, 5) is 23.5. The number of hydrogen-bond donors (Lipinski definition) is 1. The van der Waals surface area contributed by atoms with Gasteiger partial charge in [0.1, 0.15) is 6.04 Å². The van der Waals surface area contributed by atoms with Crippen LogP contribution in [0.3, 0.4) is 0 Å². The molecule has 0 heterocycles. The zero-order chi connectivity index (χ0) is 14.0. The Morgan fingerprint density at radius 1 is 1.53 bits per heavy atom. The van der Waals surface area contributed by atoms with Gasteiger partial charge >= 0.3 is 5.97 Å². The summed E-state index contributed by atoms with van der Waals surface area (Å²) in [5, 5.41) is 20.1. The van der Waals surface area contributed by atoms with Gasteiger partial charge in [0.25, 0.3) is 5.69 Å². The Balaban J connectivity index is 2.22. The molecule has 1 aliphatic carbocycles. The fourth-order valence-corrected chi connectivity index (χ4v) is 2.15. The smallest absolute Gasteiger partial charge is 0.320 e. The Labute approximate surface area is 110 Å². The van der Waals surface area contributed by atoms with Crippen LogP contribution in [0.25, 0.3) is 0 Å². The van der Waals surface area contributed by atoms with E-state index in [-0.39, 0.29) is 11.7 Å². The molecule has 6 heteroatoms. The topological polar surface area (TPSA) is 83.7 Å². The molecule has 1 N–H and O–H groups in total. The molecule has 6 nitrogen and oxygen atoms in total. The SMILES string of the molecule is CC(C(=O)O)N(Cc1ccccc1[N+](=O)[O-])C1CC1. The Bertz CT molecular complexity index is 499. The Kier molecular flexibility index (Phi) is 3.80. The number of aliphatic carboxylic acids is 1. The third-order valence-corrected chi connectivity index (χ3v) is 3.41. The van der Waals surface area contributed by atoms with E-state index < -0.39 is 16.9 Å². The Morgan fingerprint density at radius 3 is 2.68 bits per heavy atom. The zero-order valence-electron chi connectivity index (χ0n) is 10.7. The number of carboxylic acids is 1. The lowest BCUT2D eigenvalue weighted by atomic mass is 10.1. The minimum absolute atomic E-state index is 0.0470. The van der Waals surface area contributed by atoms with Crippen molar-refractivity contribution < 1.29 is 14.8 Å². The van der Waals surface area contributed by atoms with E-state index in [1.807, 2.05) is 4.90 Å². The van der Waals surface area contributed by atoms with Crippen molar-refractivity contribution in [3.63, 3.8) is 0 Å². The number of rotatable bonds is 6. The molecule has 1 atom stereocenters. The molecular weight excluding hydrogens is 248 g/mol. The lowest BCUT2D eigenvalue weighted by Crippen LogP contribution is -2.40. The Hall–Kier alpha value is -1.95. The fourth-order valence-electron chi connectivity index (χ4n) is 2.15. The molecule has 0 spiro atoms. The third kappa shape index (κ3) is 3.08. The van der Waals surface area contributed by atoms with Crippen LogP contribution in [0.1, 0.15) is 25.3 Å². The summed E-state index contributed by atoms with van der Waals surface area (Å²) in [7, 11) is 0. The summed E-state index contributed by atoms with van der Waals surface area (Å²) < 4.78 is 0. The van der Waals surface area contributed by atoms with Gasteiger partial charge in [0, 0.05) is 24.2 Å². The molecular formula is C13H16N2O4. The molecule has 1 aliphatic rings. The van der Waals surface area contributed by atoms with Gasteiger partial charge in [-0.1, -0.05) is 18.2 Å². The number of nitro benzene ring substituents is 1. The lowest BCUT2D eigenvalue weighted by molar-refractivity contribution is -0.385. The average molecular weight is 264 g/mol. The first-order valence-corrected chi connectivity index (χ1v) is 6.21. The van der Waals surface area contributed by atoms with Gasteiger partial charge in [-0.25, -0.2) is 0 Å². The number of hydrogen-bond acceptors (Lipinski definition) is 4. The first-order valence-electron chi connectivity index (χ1n) is 6.21. The molecule has 0 radical (unpaired) electrons. The maximum atomic E-state index is 11.1. The third-order valence-electron chi connectivity index (χ3n) is 3.41. The molecule has 0 aliphatic heterocycles. The summed E-state index contributed by atoms with van der Waals surface area (Å²) in [6.45, 7) is 1.92. The van der Waals surface area contributed by atoms with Gasteiger partial charge in [0.15, 0.2) is 0 Å². The van der Waals surface area contributed by atoms with Crippen LogP contribution in [-0.2, 0) is 11.3 Å². The van der Waals surface area contributed by atoms with Gasteiger partial charge < -0.3 is 5.11 Å². The predicted octanol–water partition coefficient (Wildman–Crippen LogP) is 2.03. The van der Waals surface area contributed by atoms with Crippen molar-refractivity contribution in [3.05, 3.63) is 39.9 Å². The summed E-state index contributed by atoms with van der Waals surface area (Å²) in [5.74, 6) is -0.898. The predicted molar refractivity (Wildman–Crippen MR) is 68.8 cm³/mol. The van der Waals surface area contributed by atoms with E-state index >= 15 is 0 Å². The molecule has 0 saturated heterocycles. The van der Waals surface area contributed by atoms with Crippen molar-refractivity contribution in [2.24, 2.45) is 0 Å². The van der Waals surface area contributed by atoms with Crippen LogP contribution >= 0.6 is 0 Å². The second kappa shape index (κ2) is 5.36. The van der Waals surface area contributed by atoms with Crippen molar-refractivity contribution in [3.8, 4) is 0 Å². The average Bonchev–Trinajstić information content (AvgIpc) is 3.19. The quantitative estimate of drug-likeness (QED) is 0.627. The molecule has 1 aromatic rings. The highest BCUT2D eigenvalue weighted by Gasteiger charge is 2.35. The summed E-state index contributed by atoms with van der Waals surface area (Å²) in [6.07, 6.45) is 1.91. The van der Waals surface area contributed by atoms with Crippen LogP contribution in [-0.4, -0.2) is 33.0 Å². The number of nitrogens with zero attached hydrogens (tertiary/aromatic N) is 2. The second-order valence-electron chi connectivity index (χ2n) is 4.80. The van der Waals surface area contributed by atoms with Gasteiger partial charge in [-0.2, -0.15) is 0 Å². The molecule has 1 fully saturated rings. The number of benzene rings is 1. The summed E-state index contributed by atoms with van der Waals surface area (Å²) >= 11 is 0. The van der Waals surface area contributed by atoms with Crippen molar-refractivity contribution in [2.45, 2.75) is 38.4 Å². The first kappa shape index (κ1) is 13.5. The van der Waals surface area contributed by atoms with Crippen LogP contribution < -0.4 is 0 Å². The second-order valence-corrected chi connectivity index (χ2v) is 4.80. The van der Waals surface area contributed by atoms with Crippen LogP contribution in [0, 0.1) is 10.1 Å². The van der Waals surface area contributed by atoms with Crippen molar-refractivity contribution in [1.29, 1.82) is 0 Å². The number of carboxylic acid groups (broad SMARTS) is 1. The van der Waals surface area contributed by atoms with Crippen LogP contribution in [0.4, 0.5) is 5.69 Å². The fraction of sp³-hybridized carbons (Fsp3) is 0.462. The molecule has 1 saturated carbocycles. The largest absolute Gasteiger partial charge is 0.480 e. The standard InChI is InChI=1S/C13H16N2O4/c1-9(13(16)17)14(11-6-7-11)8-10-4-2-3-5-12(10)15(18)19/h2-5,9,11H,6-8H2,1H3,(H,16,17). The molecule has 1 unspecified atom stereocenters. The maximum Gasteiger partial charge on any atom is 0.320 e. The zero-order valence-corrected chi connectivity index (χ0v) is 10.7. The highest BCUT2D eigenvalue weighted by Crippen LogP contribution is 2.31. The van der Waals surface area contributed by atoms with E-state index in [0.29, 0.717) is 12.1 Å². The van der Waals surface area contributed by atoms with Gasteiger partial charge in [-0.15, -0.1) is 0 Å². The molecule has 102 valence electrons. The molecule has 0 bridgehead atoms. The number of para-hydroxylation sites is 1. The van der Waals surface area contributed by atoms with E-state index in [1.54, 1.807) is 25.1 Å². The van der Waals surface area contributed by atoms with E-state index in [1.165, 1.54) is 6.07 Å². The van der Waals surface area contributed by atoms with Crippen molar-refractivity contribution in [2.75, 3.05) is 0 Å². The highest BCUT2D eigenvalue weighted by molar-refractivity contribution is 5.73. The summed E-state index contributed by atoms with van der Waals surface area (Å²) in [5.41, 5.74) is 0.609. The maximum absolute atomic E-state index is 11.1. The van der Waals surface area contributed by atoms with Gasteiger partial charge in [0.2, 0.25) is 0 Å². The van der Waals surface area contributed by atoms with Crippen molar-refractivity contribution in [1.82, 2.24) is 4.90 Å². The van der Waals surface area contributed by atoms with Crippen molar-refractivity contribution >= 4 is 11.7 Å². The van der Waals surface area contributed by atoms with Gasteiger partial charge in [-0.3, -0.25) is 19.8 Å². The van der Waals surface area contributed by atoms with Crippen LogP contribution in [0.15, 0.2) is 24.3 Å². The molecule has 0 aromatic heterocycles. The molecule has 2 rings (SSSR count). The van der Waals surface area contributed by atoms with Crippen LogP contribution in [0.2, 0.25) is 0 Å². The van der Waals surface area contributed by atoms with E-state index in [4.69, 9.17) is 5.11 Å². The van der Waals surface area contributed by atoms with Crippen LogP contribution in [0.5, 0.6) is 0 Å². The normalized spacial score (nSPS) is 16.3. The molecule has 1 aromatic carbocycles. The van der Waals surface area contributed by atoms with E-state index in [0.717, 1.165) is 12.8 Å². The summed E-state index contributed by atoms with van der Waals surface area (Å²) in [6, 6.07) is 6.08. The Morgan fingerprint density at radius 2 is 2.16 bits per heavy atom. The minimum Gasteiger partial charge on any atom is -0.480 e. The monoisotopic (exact) mass is 264 g/mol. The van der Waals surface area contributed by atoms with Gasteiger partial charge in [-0.05, 0) is 19.8 Å². The molecule has 0 amide bonds. The van der Waals surface area contributed by atoms with E-state index in [9.17, 15) is 14.9 Å². The number of carbonyl (C=O) groups is 1. The first-order chi connectivity index (χ1) is 9.00. The minimum atomic E-state index is -0.898. The lowest BCUT2D eigenvalue weighted by Gasteiger charge is -2.25. The van der Waals surface area contributed by atoms with Gasteiger partial charge in [0.05, 0.1) is 4.92 Å². The van der Waals surface area contributed by atoms with E-state index in [2.05, 4.69) is 0 Å². The number of nitro groups is 1. The molecule has 19 heavy (non-hydrogen) atoms.